The molecule has 1 heterocycles. The van der Waals surface area contributed by atoms with Crippen molar-refractivity contribution in [3.8, 4) is 11.8 Å². The van der Waals surface area contributed by atoms with Crippen LogP contribution in [0.2, 0.25) is 10.0 Å². The Labute approximate surface area is 153 Å². The number of hydrogen-bond donors (Lipinski definition) is 2. The van der Waals surface area contributed by atoms with E-state index in [4.69, 9.17) is 28.9 Å². The number of nitrogens with one attached hydrogen (secondary N) is 1. The summed E-state index contributed by atoms with van der Waals surface area (Å²) in [5, 5.41) is 3.84. The average molecular weight is 377 g/mol. The van der Waals surface area contributed by atoms with Crippen molar-refractivity contribution in [2.75, 3.05) is 13.1 Å². The first-order chi connectivity index (χ1) is 10.5. The first kappa shape index (κ1) is 19.9. The van der Waals surface area contributed by atoms with Crippen LogP contribution in [0.4, 0.5) is 4.79 Å². The number of likely N-dealkylation sites (tertiary alicyclic amines) is 1. The van der Waals surface area contributed by atoms with Crippen LogP contribution in [0.5, 0.6) is 0 Å². The molecule has 1 aliphatic heterocycles. The number of nitrogens with zero attached hydrogens (tertiary/aromatic N) is 1. The van der Waals surface area contributed by atoms with E-state index in [0.29, 0.717) is 23.1 Å². The summed E-state index contributed by atoms with van der Waals surface area (Å²) in [7, 11) is 0. The standard InChI is InChI=1S/C16H19Cl2N3O.ClH/c1-11(2-3-12-4-5-14(17)15(18)10-12)20-16(22)21-8-6-13(19)7-9-21;/h4-5,10-11,13H,6-9,19H2,1H3,(H,20,22);1H. The fourth-order valence-corrected chi connectivity index (χ4v) is 2.48. The highest BCUT2D eigenvalue weighted by molar-refractivity contribution is 6.42. The molecule has 0 radical (unpaired) electrons. The van der Waals surface area contributed by atoms with Gasteiger partial charge in [0.15, 0.2) is 0 Å². The number of rotatable bonds is 1. The molecule has 1 atom stereocenters. The van der Waals surface area contributed by atoms with E-state index in [1.54, 1.807) is 23.1 Å². The van der Waals surface area contributed by atoms with Crippen LogP contribution in [0.3, 0.4) is 0 Å². The molecule has 1 aromatic carbocycles. The molecule has 4 nitrogen and oxygen atoms in total. The number of carbonyl (C=O) groups is 1. The van der Waals surface area contributed by atoms with E-state index in [2.05, 4.69) is 17.2 Å². The van der Waals surface area contributed by atoms with E-state index in [-0.39, 0.29) is 30.5 Å². The summed E-state index contributed by atoms with van der Waals surface area (Å²) in [6.45, 7) is 3.23. The second kappa shape index (κ2) is 9.24. The zero-order chi connectivity index (χ0) is 16.1. The Morgan fingerprint density at radius 3 is 2.61 bits per heavy atom. The minimum atomic E-state index is -0.252. The highest BCUT2D eigenvalue weighted by Gasteiger charge is 2.20. The van der Waals surface area contributed by atoms with Gasteiger partial charge in [0.05, 0.1) is 16.1 Å². The lowest BCUT2D eigenvalue weighted by atomic mass is 10.1. The molecule has 126 valence electrons. The minimum absolute atomic E-state index is 0. The predicted octanol–water partition coefficient (Wildman–Crippen LogP) is 3.29. The fraction of sp³-hybridized carbons (Fsp3) is 0.438. The van der Waals surface area contributed by atoms with Gasteiger partial charge in [0.2, 0.25) is 0 Å². The molecule has 0 aromatic heterocycles. The van der Waals surface area contributed by atoms with Gasteiger partial charge in [-0.25, -0.2) is 4.79 Å². The molecule has 1 aromatic rings. The Kier molecular flexibility index (Phi) is 8.01. The maximum Gasteiger partial charge on any atom is 0.318 e. The molecule has 1 fully saturated rings. The molecule has 1 saturated heterocycles. The number of benzene rings is 1. The van der Waals surface area contributed by atoms with Gasteiger partial charge in [-0.05, 0) is 38.0 Å². The topological polar surface area (TPSA) is 58.4 Å². The Balaban J connectivity index is 0.00000264. The number of halogens is 3. The summed E-state index contributed by atoms with van der Waals surface area (Å²) in [4.78, 5) is 13.9. The average Bonchev–Trinajstić information content (AvgIpc) is 2.49. The number of amides is 2. The Bertz CT molecular complexity index is 604. The zero-order valence-electron chi connectivity index (χ0n) is 12.8. The van der Waals surface area contributed by atoms with Gasteiger partial charge in [-0.2, -0.15) is 0 Å². The van der Waals surface area contributed by atoms with Crippen molar-refractivity contribution < 1.29 is 4.79 Å². The molecule has 2 amide bonds. The zero-order valence-corrected chi connectivity index (χ0v) is 15.1. The van der Waals surface area contributed by atoms with E-state index in [0.717, 1.165) is 18.4 Å². The normalized spacial score (nSPS) is 15.9. The summed E-state index contributed by atoms with van der Waals surface area (Å²) in [6.07, 6.45) is 1.69. The predicted molar refractivity (Wildman–Crippen MR) is 97.4 cm³/mol. The summed E-state index contributed by atoms with van der Waals surface area (Å²) >= 11 is 11.8. The van der Waals surface area contributed by atoms with Gasteiger partial charge in [0.25, 0.3) is 0 Å². The van der Waals surface area contributed by atoms with Crippen molar-refractivity contribution in [2.24, 2.45) is 5.73 Å². The van der Waals surface area contributed by atoms with Crippen LogP contribution in [0, 0.1) is 11.8 Å². The number of nitrogens with two attached hydrogens (primary N) is 1. The van der Waals surface area contributed by atoms with Crippen LogP contribution in [0.25, 0.3) is 0 Å². The second-order valence-electron chi connectivity index (χ2n) is 5.39. The lowest BCUT2D eigenvalue weighted by molar-refractivity contribution is 0.180. The van der Waals surface area contributed by atoms with Gasteiger partial charge < -0.3 is 16.0 Å². The molecule has 3 N–H and O–H groups in total. The first-order valence-corrected chi connectivity index (χ1v) is 7.99. The molecule has 1 unspecified atom stereocenters. The Hall–Kier alpha value is -1.12. The highest BCUT2D eigenvalue weighted by Crippen LogP contribution is 2.22. The van der Waals surface area contributed by atoms with Crippen LogP contribution in [0.15, 0.2) is 18.2 Å². The molecule has 23 heavy (non-hydrogen) atoms. The SMILES string of the molecule is CC(C#Cc1ccc(Cl)c(Cl)c1)NC(=O)N1CCC(N)CC1.Cl. The molecule has 7 heteroatoms. The third-order valence-electron chi connectivity index (χ3n) is 3.52. The molecule has 0 spiro atoms. The van der Waals surface area contributed by atoms with Gasteiger partial charge in [-0.15, -0.1) is 12.4 Å². The Morgan fingerprint density at radius 2 is 2.00 bits per heavy atom. The first-order valence-electron chi connectivity index (χ1n) is 7.23. The summed E-state index contributed by atoms with van der Waals surface area (Å²) in [5.41, 5.74) is 6.60. The minimum Gasteiger partial charge on any atom is -0.328 e. The van der Waals surface area contributed by atoms with Crippen LogP contribution in [0.1, 0.15) is 25.3 Å². The third kappa shape index (κ3) is 6.12. The number of carbonyl (C=O) groups excluding carboxylic acids is 1. The van der Waals surface area contributed by atoms with Gasteiger partial charge in [0.1, 0.15) is 0 Å². The van der Waals surface area contributed by atoms with Crippen LogP contribution < -0.4 is 11.1 Å². The largest absolute Gasteiger partial charge is 0.328 e. The van der Waals surface area contributed by atoms with E-state index >= 15 is 0 Å². The number of piperidine rings is 1. The number of hydrogen-bond acceptors (Lipinski definition) is 2. The summed E-state index contributed by atoms with van der Waals surface area (Å²) < 4.78 is 0. The lowest BCUT2D eigenvalue weighted by Gasteiger charge is -2.30. The van der Waals surface area contributed by atoms with Crippen molar-refractivity contribution in [1.82, 2.24) is 10.2 Å². The maximum atomic E-state index is 12.1. The van der Waals surface area contributed by atoms with Crippen LogP contribution >= 0.6 is 35.6 Å². The van der Waals surface area contributed by atoms with Gasteiger partial charge in [-0.1, -0.05) is 35.0 Å². The molecule has 2 rings (SSSR count). The summed E-state index contributed by atoms with van der Waals surface area (Å²) in [6, 6.07) is 5.06. The molecular weight excluding hydrogens is 357 g/mol. The monoisotopic (exact) mass is 375 g/mol. The smallest absolute Gasteiger partial charge is 0.318 e. The lowest BCUT2D eigenvalue weighted by Crippen LogP contribution is -2.49. The van der Waals surface area contributed by atoms with E-state index < -0.39 is 0 Å². The van der Waals surface area contributed by atoms with Gasteiger partial charge in [-0.3, -0.25) is 0 Å². The molecular formula is C16H20Cl3N3O. The van der Waals surface area contributed by atoms with E-state index in [1.807, 2.05) is 6.92 Å². The quantitative estimate of drug-likeness (QED) is 0.739. The van der Waals surface area contributed by atoms with Crippen molar-refractivity contribution in [2.45, 2.75) is 31.8 Å². The molecule has 0 saturated carbocycles. The van der Waals surface area contributed by atoms with Gasteiger partial charge >= 0.3 is 6.03 Å². The van der Waals surface area contributed by atoms with Crippen molar-refractivity contribution >= 4 is 41.6 Å². The van der Waals surface area contributed by atoms with Crippen LogP contribution in [-0.4, -0.2) is 36.1 Å². The molecule has 0 bridgehead atoms. The summed E-state index contributed by atoms with van der Waals surface area (Å²) in [5.74, 6) is 5.97. The van der Waals surface area contributed by atoms with Crippen LogP contribution in [-0.2, 0) is 0 Å². The second-order valence-corrected chi connectivity index (χ2v) is 6.21. The number of urea groups is 1. The van der Waals surface area contributed by atoms with Crippen molar-refractivity contribution in [1.29, 1.82) is 0 Å². The van der Waals surface area contributed by atoms with Gasteiger partial charge in [0, 0.05) is 24.7 Å². The van der Waals surface area contributed by atoms with E-state index in [1.165, 1.54) is 0 Å². The van der Waals surface area contributed by atoms with E-state index in [9.17, 15) is 4.79 Å². The van der Waals surface area contributed by atoms with Crippen molar-refractivity contribution in [3.05, 3.63) is 33.8 Å². The van der Waals surface area contributed by atoms with Crippen molar-refractivity contribution in [3.63, 3.8) is 0 Å². The maximum absolute atomic E-state index is 12.1. The molecule has 1 aliphatic rings. The third-order valence-corrected chi connectivity index (χ3v) is 4.26. The fourth-order valence-electron chi connectivity index (χ4n) is 2.18. The Morgan fingerprint density at radius 1 is 1.35 bits per heavy atom. The highest BCUT2D eigenvalue weighted by atomic mass is 35.5. The molecule has 0 aliphatic carbocycles.